The van der Waals surface area contributed by atoms with E-state index in [9.17, 15) is 9.50 Å². The number of ether oxygens (including phenoxy) is 1. The minimum absolute atomic E-state index is 0.106. The Kier molecular flexibility index (Phi) is 3.88. The molecule has 1 aromatic rings. The van der Waals surface area contributed by atoms with Gasteiger partial charge in [-0.25, -0.2) is 4.39 Å². The molecule has 90 valence electrons. The molecule has 0 radical (unpaired) electrons. The second-order valence-corrected chi connectivity index (χ2v) is 4.51. The molecule has 0 saturated heterocycles. The molecule has 16 heavy (non-hydrogen) atoms. The van der Waals surface area contributed by atoms with Crippen molar-refractivity contribution < 1.29 is 14.2 Å². The van der Waals surface area contributed by atoms with Gasteiger partial charge in [0.1, 0.15) is 11.6 Å². The van der Waals surface area contributed by atoms with Crippen LogP contribution in [0.15, 0.2) is 18.2 Å². The van der Waals surface area contributed by atoms with Crippen molar-refractivity contribution in [1.82, 2.24) is 0 Å². The Hall–Kier alpha value is -1.13. The molecule has 0 amide bonds. The van der Waals surface area contributed by atoms with E-state index in [1.54, 1.807) is 19.9 Å². The van der Waals surface area contributed by atoms with Crippen molar-refractivity contribution in [2.24, 2.45) is 11.1 Å². The van der Waals surface area contributed by atoms with Crippen LogP contribution in [0.3, 0.4) is 0 Å². The van der Waals surface area contributed by atoms with Crippen LogP contribution in [0.5, 0.6) is 5.75 Å². The summed E-state index contributed by atoms with van der Waals surface area (Å²) in [5.74, 6) is 0.176. The summed E-state index contributed by atoms with van der Waals surface area (Å²) in [5, 5.41) is 9.21. The molecule has 0 unspecified atom stereocenters. The molecular weight excluding hydrogens is 209 g/mol. The molecule has 1 aromatic carbocycles. The molecule has 0 fully saturated rings. The third-order valence-electron chi connectivity index (χ3n) is 2.79. The van der Waals surface area contributed by atoms with E-state index < -0.39 is 11.5 Å². The predicted molar refractivity (Wildman–Crippen MR) is 60.7 cm³/mol. The maximum Gasteiger partial charge on any atom is 0.128 e. The lowest BCUT2D eigenvalue weighted by atomic mass is 9.81. The van der Waals surface area contributed by atoms with Crippen LogP contribution in [0.1, 0.15) is 25.5 Å². The smallest absolute Gasteiger partial charge is 0.128 e. The molecule has 0 saturated carbocycles. The fraction of sp³-hybridized carbons (Fsp3) is 0.500. The fourth-order valence-electron chi connectivity index (χ4n) is 1.41. The standard InChI is InChI=1S/C12H18FNO2/c1-12(2,7-15)11(14)9-6-8(16-3)4-5-10(9)13/h4-6,11,15H,7,14H2,1-3H3/t11-/m0/s1. The van der Waals surface area contributed by atoms with E-state index in [1.165, 1.54) is 19.2 Å². The number of aliphatic hydroxyl groups is 1. The molecule has 1 rings (SSSR count). The van der Waals surface area contributed by atoms with Gasteiger partial charge in [0.25, 0.3) is 0 Å². The Bertz CT molecular complexity index is 366. The SMILES string of the molecule is COc1ccc(F)c([C@H](N)C(C)(C)CO)c1. The average Bonchev–Trinajstić information content (AvgIpc) is 2.29. The number of rotatable bonds is 4. The van der Waals surface area contributed by atoms with Crippen molar-refractivity contribution in [3.63, 3.8) is 0 Å². The zero-order chi connectivity index (χ0) is 12.3. The third-order valence-corrected chi connectivity index (χ3v) is 2.79. The highest BCUT2D eigenvalue weighted by molar-refractivity contribution is 5.32. The topological polar surface area (TPSA) is 55.5 Å². The predicted octanol–water partition coefficient (Wildman–Crippen LogP) is 1.85. The molecule has 4 heteroatoms. The number of methoxy groups -OCH3 is 1. The summed E-state index contributed by atoms with van der Waals surface area (Å²) in [6, 6.07) is 3.85. The zero-order valence-electron chi connectivity index (χ0n) is 9.83. The Morgan fingerprint density at radius 1 is 1.50 bits per heavy atom. The normalized spacial score (nSPS) is 13.6. The highest BCUT2D eigenvalue weighted by atomic mass is 19.1. The van der Waals surface area contributed by atoms with E-state index in [0.29, 0.717) is 11.3 Å². The van der Waals surface area contributed by atoms with Gasteiger partial charge in [-0.05, 0) is 18.2 Å². The number of hydrogen-bond acceptors (Lipinski definition) is 3. The first-order valence-electron chi connectivity index (χ1n) is 5.12. The maximum absolute atomic E-state index is 13.6. The van der Waals surface area contributed by atoms with Crippen molar-refractivity contribution in [1.29, 1.82) is 0 Å². The second-order valence-electron chi connectivity index (χ2n) is 4.51. The molecular formula is C12H18FNO2. The zero-order valence-corrected chi connectivity index (χ0v) is 9.83. The van der Waals surface area contributed by atoms with Gasteiger partial charge in [-0.3, -0.25) is 0 Å². The van der Waals surface area contributed by atoms with Crippen LogP contribution in [0.25, 0.3) is 0 Å². The fourth-order valence-corrected chi connectivity index (χ4v) is 1.41. The van der Waals surface area contributed by atoms with E-state index >= 15 is 0 Å². The van der Waals surface area contributed by atoms with Crippen LogP contribution < -0.4 is 10.5 Å². The van der Waals surface area contributed by atoms with Crippen LogP contribution in [-0.2, 0) is 0 Å². The Morgan fingerprint density at radius 2 is 2.12 bits per heavy atom. The summed E-state index contributed by atoms with van der Waals surface area (Å²) >= 11 is 0. The molecule has 0 bridgehead atoms. The lowest BCUT2D eigenvalue weighted by Gasteiger charge is -2.30. The van der Waals surface area contributed by atoms with E-state index in [2.05, 4.69) is 0 Å². The van der Waals surface area contributed by atoms with Crippen molar-refractivity contribution in [2.45, 2.75) is 19.9 Å². The quantitative estimate of drug-likeness (QED) is 0.825. The van der Waals surface area contributed by atoms with E-state index in [1.807, 2.05) is 0 Å². The second kappa shape index (κ2) is 4.80. The highest BCUT2D eigenvalue weighted by Gasteiger charge is 2.29. The van der Waals surface area contributed by atoms with Crippen molar-refractivity contribution in [3.05, 3.63) is 29.6 Å². The maximum atomic E-state index is 13.6. The van der Waals surface area contributed by atoms with Crippen LogP contribution in [0, 0.1) is 11.2 Å². The molecule has 0 aromatic heterocycles. The van der Waals surface area contributed by atoms with Crippen molar-refractivity contribution >= 4 is 0 Å². The Balaban J connectivity index is 3.11. The molecule has 0 spiro atoms. The largest absolute Gasteiger partial charge is 0.497 e. The number of nitrogens with two attached hydrogens (primary N) is 1. The van der Waals surface area contributed by atoms with Gasteiger partial charge >= 0.3 is 0 Å². The minimum Gasteiger partial charge on any atom is -0.497 e. The molecule has 3 N–H and O–H groups in total. The molecule has 0 aliphatic carbocycles. The van der Waals surface area contributed by atoms with Crippen LogP contribution in [-0.4, -0.2) is 18.8 Å². The van der Waals surface area contributed by atoms with Crippen molar-refractivity contribution in [3.8, 4) is 5.75 Å². The van der Waals surface area contributed by atoms with Crippen LogP contribution in [0.2, 0.25) is 0 Å². The summed E-state index contributed by atoms with van der Waals surface area (Å²) in [4.78, 5) is 0. The van der Waals surface area contributed by atoms with Gasteiger partial charge in [-0.15, -0.1) is 0 Å². The van der Waals surface area contributed by atoms with Gasteiger partial charge in [0, 0.05) is 23.6 Å². The average molecular weight is 227 g/mol. The van der Waals surface area contributed by atoms with Gasteiger partial charge in [-0.1, -0.05) is 13.8 Å². The van der Waals surface area contributed by atoms with Gasteiger partial charge in [-0.2, -0.15) is 0 Å². The third kappa shape index (κ3) is 2.51. The van der Waals surface area contributed by atoms with E-state index in [4.69, 9.17) is 10.5 Å². The Labute approximate surface area is 95.0 Å². The lowest BCUT2D eigenvalue weighted by Crippen LogP contribution is -2.33. The van der Waals surface area contributed by atoms with Gasteiger partial charge in [0.05, 0.1) is 7.11 Å². The van der Waals surface area contributed by atoms with Crippen LogP contribution >= 0.6 is 0 Å². The van der Waals surface area contributed by atoms with E-state index in [-0.39, 0.29) is 12.4 Å². The number of hydrogen-bond donors (Lipinski definition) is 2. The van der Waals surface area contributed by atoms with Crippen molar-refractivity contribution in [2.75, 3.05) is 13.7 Å². The first kappa shape index (κ1) is 12.9. The first-order chi connectivity index (χ1) is 7.42. The monoisotopic (exact) mass is 227 g/mol. The Morgan fingerprint density at radius 3 is 2.62 bits per heavy atom. The van der Waals surface area contributed by atoms with E-state index in [0.717, 1.165) is 0 Å². The summed E-state index contributed by atoms with van der Waals surface area (Å²) in [6.45, 7) is 3.47. The molecule has 0 aliphatic heterocycles. The molecule has 1 atom stereocenters. The van der Waals surface area contributed by atoms with Gasteiger partial charge < -0.3 is 15.6 Å². The molecule has 0 heterocycles. The van der Waals surface area contributed by atoms with Gasteiger partial charge in [0.2, 0.25) is 0 Å². The summed E-state index contributed by atoms with van der Waals surface area (Å²) in [7, 11) is 1.51. The summed E-state index contributed by atoms with van der Waals surface area (Å²) in [6.07, 6.45) is 0. The number of benzene rings is 1. The summed E-state index contributed by atoms with van der Waals surface area (Å²) in [5.41, 5.74) is 5.74. The highest BCUT2D eigenvalue weighted by Crippen LogP contribution is 2.33. The molecule has 0 aliphatic rings. The first-order valence-corrected chi connectivity index (χ1v) is 5.12. The lowest BCUT2D eigenvalue weighted by molar-refractivity contribution is 0.130. The van der Waals surface area contributed by atoms with Crippen LogP contribution in [0.4, 0.5) is 4.39 Å². The minimum atomic E-state index is -0.576. The summed E-state index contributed by atoms with van der Waals surface area (Å²) < 4.78 is 18.6. The number of halogens is 1. The number of aliphatic hydroxyl groups excluding tert-OH is 1. The molecule has 3 nitrogen and oxygen atoms in total. The van der Waals surface area contributed by atoms with Gasteiger partial charge in [0.15, 0.2) is 0 Å².